The van der Waals surface area contributed by atoms with Crippen LogP contribution in [0.3, 0.4) is 0 Å². The van der Waals surface area contributed by atoms with Gasteiger partial charge in [-0.3, -0.25) is 0 Å². The monoisotopic (exact) mass is 291 g/mol. The average molecular weight is 292 g/mol. The number of hydrogen-bond donors (Lipinski definition) is 1. The highest BCUT2D eigenvalue weighted by molar-refractivity contribution is 6.31. The number of aryl methyl sites for hydroxylation is 1. The quantitative estimate of drug-likeness (QED) is 0.855. The zero-order valence-corrected chi connectivity index (χ0v) is 12.5. The van der Waals surface area contributed by atoms with E-state index in [2.05, 4.69) is 18.3 Å². The van der Waals surface area contributed by atoms with Crippen molar-refractivity contribution >= 4 is 11.6 Å². The first-order valence-corrected chi connectivity index (χ1v) is 7.15. The minimum atomic E-state index is -0.191. The summed E-state index contributed by atoms with van der Waals surface area (Å²) in [5, 5.41) is 4.26. The molecule has 1 unspecified atom stereocenters. The van der Waals surface area contributed by atoms with E-state index in [0.29, 0.717) is 6.04 Å². The third-order valence-corrected chi connectivity index (χ3v) is 3.75. The van der Waals surface area contributed by atoms with E-state index in [4.69, 9.17) is 11.6 Å². The Morgan fingerprint density at radius 1 is 1.10 bits per heavy atom. The summed E-state index contributed by atoms with van der Waals surface area (Å²) in [4.78, 5) is 0. The van der Waals surface area contributed by atoms with Crippen molar-refractivity contribution in [2.45, 2.75) is 32.9 Å². The zero-order valence-electron chi connectivity index (χ0n) is 11.8. The van der Waals surface area contributed by atoms with Crippen LogP contribution >= 0.6 is 11.6 Å². The molecule has 1 N–H and O–H groups in total. The second-order valence-corrected chi connectivity index (χ2v) is 5.60. The molecule has 2 rings (SSSR count). The molecule has 2 aromatic carbocycles. The molecule has 106 valence electrons. The molecule has 0 fully saturated rings. The minimum Gasteiger partial charge on any atom is -0.310 e. The van der Waals surface area contributed by atoms with Crippen molar-refractivity contribution in [1.82, 2.24) is 5.32 Å². The van der Waals surface area contributed by atoms with Crippen molar-refractivity contribution in [2.75, 3.05) is 0 Å². The lowest BCUT2D eigenvalue weighted by molar-refractivity contribution is 0.544. The van der Waals surface area contributed by atoms with Gasteiger partial charge in [0.2, 0.25) is 0 Å². The van der Waals surface area contributed by atoms with Crippen molar-refractivity contribution in [1.29, 1.82) is 0 Å². The summed E-state index contributed by atoms with van der Waals surface area (Å²) in [6.45, 7) is 4.90. The first-order valence-electron chi connectivity index (χ1n) is 6.77. The van der Waals surface area contributed by atoms with Gasteiger partial charge in [-0.15, -0.1) is 0 Å². The smallest absolute Gasteiger partial charge is 0.123 e. The van der Waals surface area contributed by atoms with E-state index in [0.717, 1.165) is 29.1 Å². The number of benzene rings is 2. The van der Waals surface area contributed by atoms with Gasteiger partial charge in [-0.2, -0.15) is 0 Å². The lowest BCUT2D eigenvalue weighted by atomic mass is 10.1. The van der Waals surface area contributed by atoms with Gasteiger partial charge in [-0.25, -0.2) is 4.39 Å². The summed E-state index contributed by atoms with van der Waals surface area (Å²) < 4.78 is 12.8. The van der Waals surface area contributed by atoms with E-state index in [1.165, 1.54) is 17.7 Å². The second kappa shape index (κ2) is 6.87. The molecule has 3 heteroatoms. The standard InChI is InChI=1S/C17H19ClFN/c1-12-3-4-15(10-17(12)18)11-20-13(2)9-14-5-7-16(19)8-6-14/h3-8,10,13,20H,9,11H2,1-2H3. The molecule has 0 saturated heterocycles. The van der Waals surface area contributed by atoms with Crippen LogP contribution in [-0.2, 0) is 13.0 Å². The fourth-order valence-electron chi connectivity index (χ4n) is 2.08. The first kappa shape index (κ1) is 15.0. The molecule has 0 aliphatic heterocycles. The van der Waals surface area contributed by atoms with Gasteiger partial charge in [0.1, 0.15) is 5.82 Å². The fraction of sp³-hybridized carbons (Fsp3) is 0.294. The molecule has 1 atom stereocenters. The maximum Gasteiger partial charge on any atom is 0.123 e. The van der Waals surface area contributed by atoms with E-state index < -0.39 is 0 Å². The molecule has 0 spiro atoms. The summed E-state index contributed by atoms with van der Waals surface area (Å²) in [6, 6.07) is 13.1. The Labute approximate surface area is 124 Å². The molecule has 0 aliphatic carbocycles. The molecule has 0 heterocycles. The predicted molar refractivity (Wildman–Crippen MR) is 82.6 cm³/mol. The molecule has 0 bridgehead atoms. The summed E-state index contributed by atoms with van der Waals surface area (Å²) >= 11 is 6.11. The van der Waals surface area contributed by atoms with Gasteiger partial charge in [0, 0.05) is 17.6 Å². The number of hydrogen-bond acceptors (Lipinski definition) is 1. The van der Waals surface area contributed by atoms with E-state index in [1.54, 1.807) is 0 Å². The maximum absolute atomic E-state index is 12.8. The first-order chi connectivity index (χ1) is 9.54. The Morgan fingerprint density at radius 2 is 1.75 bits per heavy atom. The van der Waals surface area contributed by atoms with Gasteiger partial charge in [0.25, 0.3) is 0 Å². The number of rotatable bonds is 5. The summed E-state index contributed by atoms with van der Waals surface area (Å²) in [6.07, 6.45) is 0.875. The molecule has 0 amide bonds. The highest BCUT2D eigenvalue weighted by Crippen LogP contribution is 2.16. The van der Waals surface area contributed by atoms with Crippen molar-refractivity contribution in [2.24, 2.45) is 0 Å². The van der Waals surface area contributed by atoms with Gasteiger partial charge in [-0.05, 0) is 55.2 Å². The van der Waals surface area contributed by atoms with E-state index in [1.807, 2.05) is 31.2 Å². The van der Waals surface area contributed by atoms with Gasteiger partial charge >= 0.3 is 0 Å². The molecule has 1 nitrogen and oxygen atoms in total. The number of halogens is 2. The fourth-order valence-corrected chi connectivity index (χ4v) is 2.29. The van der Waals surface area contributed by atoms with Gasteiger partial charge in [-0.1, -0.05) is 35.9 Å². The molecule has 20 heavy (non-hydrogen) atoms. The second-order valence-electron chi connectivity index (χ2n) is 5.20. The van der Waals surface area contributed by atoms with Crippen LogP contribution in [0.15, 0.2) is 42.5 Å². The SMILES string of the molecule is Cc1ccc(CNC(C)Cc2ccc(F)cc2)cc1Cl. The summed E-state index contributed by atoms with van der Waals surface area (Å²) in [5.41, 5.74) is 3.40. The van der Waals surface area contributed by atoms with Crippen LogP contribution in [0.4, 0.5) is 4.39 Å². The van der Waals surface area contributed by atoms with Crippen LogP contribution < -0.4 is 5.32 Å². The molecule has 0 aliphatic rings. The Kier molecular flexibility index (Phi) is 5.16. The van der Waals surface area contributed by atoms with Crippen LogP contribution in [0.1, 0.15) is 23.6 Å². The van der Waals surface area contributed by atoms with Crippen molar-refractivity contribution in [3.63, 3.8) is 0 Å². The number of nitrogens with one attached hydrogen (secondary N) is 1. The third kappa shape index (κ3) is 4.32. The Balaban J connectivity index is 1.86. The van der Waals surface area contributed by atoms with Gasteiger partial charge in [0.05, 0.1) is 0 Å². The van der Waals surface area contributed by atoms with Gasteiger partial charge < -0.3 is 5.32 Å². The molecule has 0 saturated carbocycles. The normalized spacial score (nSPS) is 12.4. The Hall–Kier alpha value is -1.38. The molecule has 0 aromatic heterocycles. The van der Waals surface area contributed by atoms with E-state index in [-0.39, 0.29) is 5.82 Å². The Morgan fingerprint density at radius 3 is 2.40 bits per heavy atom. The lowest BCUT2D eigenvalue weighted by Gasteiger charge is -2.14. The van der Waals surface area contributed by atoms with Crippen LogP contribution in [0.2, 0.25) is 5.02 Å². The zero-order chi connectivity index (χ0) is 14.5. The molecular weight excluding hydrogens is 273 g/mol. The lowest BCUT2D eigenvalue weighted by Crippen LogP contribution is -2.27. The topological polar surface area (TPSA) is 12.0 Å². The molecule has 2 aromatic rings. The molecule has 0 radical (unpaired) electrons. The van der Waals surface area contributed by atoms with Crippen LogP contribution in [0.25, 0.3) is 0 Å². The largest absolute Gasteiger partial charge is 0.310 e. The summed E-state index contributed by atoms with van der Waals surface area (Å²) in [5.74, 6) is -0.191. The van der Waals surface area contributed by atoms with Gasteiger partial charge in [0.15, 0.2) is 0 Å². The van der Waals surface area contributed by atoms with Crippen molar-refractivity contribution in [3.05, 3.63) is 70.0 Å². The Bertz CT molecular complexity index is 566. The highest BCUT2D eigenvalue weighted by Gasteiger charge is 2.04. The highest BCUT2D eigenvalue weighted by atomic mass is 35.5. The average Bonchev–Trinajstić information content (AvgIpc) is 2.43. The molecular formula is C17H19ClFN. The maximum atomic E-state index is 12.8. The third-order valence-electron chi connectivity index (χ3n) is 3.35. The van der Waals surface area contributed by atoms with E-state index >= 15 is 0 Å². The van der Waals surface area contributed by atoms with Crippen molar-refractivity contribution < 1.29 is 4.39 Å². The minimum absolute atomic E-state index is 0.191. The van der Waals surface area contributed by atoms with Crippen molar-refractivity contribution in [3.8, 4) is 0 Å². The summed E-state index contributed by atoms with van der Waals surface area (Å²) in [7, 11) is 0. The van der Waals surface area contributed by atoms with Crippen LogP contribution in [0.5, 0.6) is 0 Å². The van der Waals surface area contributed by atoms with E-state index in [9.17, 15) is 4.39 Å². The van der Waals surface area contributed by atoms with Crippen LogP contribution in [0, 0.1) is 12.7 Å². The predicted octanol–water partition coefficient (Wildman–Crippen LogP) is 4.51. The van der Waals surface area contributed by atoms with Crippen LogP contribution in [-0.4, -0.2) is 6.04 Å².